The van der Waals surface area contributed by atoms with Gasteiger partial charge in [0, 0.05) is 25.7 Å². The van der Waals surface area contributed by atoms with Gasteiger partial charge in [0.2, 0.25) is 5.91 Å². The van der Waals surface area contributed by atoms with Crippen molar-refractivity contribution in [2.75, 3.05) is 13.1 Å². The summed E-state index contributed by atoms with van der Waals surface area (Å²) in [6, 6.07) is 4.38. The highest BCUT2D eigenvalue weighted by Crippen LogP contribution is 2.31. The van der Waals surface area contributed by atoms with E-state index in [0.717, 1.165) is 48.3 Å². The Morgan fingerprint density at radius 1 is 1.21 bits per heavy atom. The number of carbonyl (C=O) groups excluding carboxylic acids is 2. The van der Waals surface area contributed by atoms with E-state index >= 15 is 0 Å². The minimum absolute atomic E-state index is 0.0624. The molecule has 1 aliphatic heterocycles. The molecule has 0 radical (unpaired) electrons. The molecule has 2 fully saturated rings. The molecule has 4 atom stereocenters. The van der Waals surface area contributed by atoms with E-state index in [4.69, 9.17) is 0 Å². The molecule has 6 heteroatoms. The number of aryl methyl sites for hydroxylation is 1. The van der Waals surface area contributed by atoms with Crippen LogP contribution < -0.4 is 5.32 Å². The summed E-state index contributed by atoms with van der Waals surface area (Å²) >= 11 is 1.67. The molecule has 0 aromatic carbocycles. The first-order chi connectivity index (χ1) is 14.0. The van der Waals surface area contributed by atoms with E-state index in [2.05, 4.69) is 42.1 Å². The van der Waals surface area contributed by atoms with Crippen molar-refractivity contribution in [1.82, 2.24) is 14.8 Å². The smallest absolute Gasteiger partial charge is 0.270 e. The maximum absolute atomic E-state index is 13.3. The van der Waals surface area contributed by atoms with Crippen molar-refractivity contribution >= 4 is 33.4 Å². The fourth-order valence-electron chi connectivity index (χ4n) is 5.12. The highest BCUT2D eigenvalue weighted by molar-refractivity contribution is 7.17. The lowest BCUT2D eigenvalue weighted by atomic mass is 9.78. The Labute approximate surface area is 177 Å². The normalized spacial score (nSPS) is 27.9. The number of hydrogen-bond donors (Lipinski definition) is 1. The van der Waals surface area contributed by atoms with Crippen LogP contribution in [0.4, 0.5) is 0 Å². The number of thiophene rings is 1. The van der Waals surface area contributed by atoms with Crippen molar-refractivity contribution < 1.29 is 9.59 Å². The molecular formula is C23H33N3O2S. The summed E-state index contributed by atoms with van der Waals surface area (Å²) in [6.45, 7) is 8.67. The van der Waals surface area contributed by atoms with E-state index in [-0.39, 0.29) is 23.8 Å². The summed E-state index contributed by atoms with van der Waals surface area (Å²) in [7, 11) is 0. The maximum Gasteiger partial charge on any atom is 0.270 e. The zero-order valence-electron chi connectivity index (χ0n) is 17.8. The van der Waals surface area contributed by atoms with E-state index in [9.17, 15) is 9.59 Å². The monoisotopic (exact) mass is 415 g/mol. The Kier molecular flexibility index (Phi) is 6.00. The van der Waals surface area contributed by atoms with Crippen LogP contribution in [-0.4, -0.2) is 40.4 Å². The molecule has 1 saturated carbocycles. The van der Waals surface area contributed by atoms with Gasteiger partial charge in [-0.2, -0.15) is 0 Å². The molecule has 0 bridgehead atoms. The topological polar surface area (TPSA) is 54.3 Å². The quantitative estimate of drug-likeness (QED) is 0.798. The molecule has 2 aromatic heterocycles. The van der Waals surface area contributed by atoms with Crippen LogP contribution in [0.25, 0.3) is 10.2 Å². The van der Waals surface area contributed by atoms with Crippen LogP contribution in [0.3, 0.4) is 0 Å². The summed E-state index contributed by atoms with van der Waals surface area (Å²) in [5, 5.41) is 5.40. The number of rotatable bonds is 4. The number of nitrogens with zero attached hydrogens (tertiary/aromatic N) is 2. The third-order valence-electron chi connectivity index (χ3n) is 7.17. The zero-order chi connectivity index (χ0) is 20.5. The average Bonchev–Trinajstić information content (AvgIpc) is 3.32. The predicted octanol–water partition coefficient (Wildman–Crippen LogP) is 4.52. The van der Waals surface area contributed by atoms with Gasteiger partial charge >= 0.3 is 0 Å². The molecule has 158 valence electrons. The van der Waals surface area contributed by atoms with Crippen molar-refractivity contribution in [2.24, 2.45) is 17.8 Å². The van der Waals surface area contributed by atoms with Gasteiger partial charge in [-0.05, 0) is 55.5 Å². The number of piperidine rings is 1. The van der Waals surface area contributed by atoms with E-state index in [1.165, 1.54) is 12.8 Å². The maximum atomic E-state index is 13.3. The van der Waals surface area contributed by atoms with Gasteiger partial charge in [0.15, 0.2) is 0 Å². The van der Waals surface area contributed by atoms with Crippen LogP contribution >= 0.6 is 11.3 Å². The molecule has 4 unspecified atom stereocenters. The van der Waals surface area contributed by atoms with Gasteiger partial charge in [-0.15, -0.1) is 11.3 Å². The second-order valence-electron chi connectivity index (χ2n) is 8.92. The number of aromatic nitrogens is 1. The summed E-state index contributed by atoms with van der Waals surface area (Å²) < 4.78 is 3.25. The molecule has 5 nitrogen and oxygen atoms in total. The second kappa shape index (κ2) is 8.50. The summed E-state index contributed by atoms with van der Waals surface area (Å²) in [4.78, 5) is 28.2. The molecule has 1 N–H and O–H groups in total. The van der Waals surface area contributed by atoms with E-state index in [1.807, 2.05) is 11.0 Å². The van der Waals surface area contributed by atoms with Crippen molar-refractivity contribution in [1.29, 1.82) is 0 Å². The lowest BCUT2D eigenvalue weighted by Crippen LogP contribution is -2.50. The van der Waals surface area contributed by atoms with Crippen molar-refractivity contribution in [3.8, 4) is 0 Å². The first-order valence-electron chi connectivity index (χ1n) is 11.2. The predicted molar refractivity (Wildman–Crippen MR) is 118 cm³/mol. The molecular weight excluding hydrogens is 382 g/mol. The third kappa shape index (κ3) is 3.96. The largest absolute Gasteiger partial charge is 0.353 e. The van der Waals surface area contributed by atoms with Gasteiger partial charge in [0.05, 0.1) is 16.1 Å². The van der Waals surface area contributed by atoms with Gasteiger partial charge in [-0.25, -0.2) is 0 Å². The molecule has 0 spiro atoms. The molecule has 2 aromatic rings. The van der Waals surface area contributed by atoms with Crippen LogP contribution in [0.15, 0.2) is 17.5 Å². The highest BCUT2D eigenvalue weighted by Gasteiger charge is 2.34. The Hall–Kier alpha value is -1.82. The molecule has 3 heterocycles. The number of carbonyl (C=O) groups is 2. The van der Waals surface area contributed by atoms with Crippen molar-refractivity contribution in [2.45, 2.75) is 65.5 Å². The average molecular weight is 416 g/mol. The Bertz CT molecular complexity index is 886. The minimum Gasteiger partial charge on any atom is -0.353 e. The molecule has 4 rings (SSSR count). The van der Waals surface area contributed by atoms with Crippen LogP contribution in [0.5, 0.6) is 0 Å². The van der Waals surface area contributed by atoms with Gasteiger partial charge < -0.3 is 14.8 Å². The van der Waals surface area contributed by atoms with Crippen molar-refractivity contribution in [3.63, 3.8) is 0 Å². The zero-order valence-corrected chi connectivity index (χ0v) is 18.6. The lowest BCUT2D eigenvalue weighted by Gasteiger charge is -2.37. The third-order valence-corrected chi connectivity index (χ3v) is 8.03. The molecule has 2 aliphatic rings. The van der Waals surface area contributed by atoms with E-state index in [0.29, 0.717) is 18.4 Å². The minimum atomic E-state index is -0.0942. The van der Waals surface area contributed by atoms with Gasteiger partial charge in [0.1, 0.15) is 5.69 Å². The summed E-state index contributed by atoms with van der Waals surface area (Å²) in [5.74, 6) is 1.29. The fraction of sp³-hybridized carbons (Fsp3) is 0.652. The van der Waals surface area contributed by atoms with Crippen LogP contribution in [-0.2, 0) is 11.3 Å². The van der Waals surface area contributed by atoms with E-state index in [1.54, 1.807) is 11.3 Å². The van der Waals surface area contributed by atoms with Gasteiger partial charge in [-0.1, -0.05) is 26.7 Å². The summed E-state index contributed by atoms with van der Waals surface area (Å²) in [5.41, 5.74) is 1.89. The molecule has 29 heavy (non-hydrogen) atoms. The lowest BCUT2D eigenvalue weighted by molar-refractivity contribution is -0.127. The first-order valence-corrected chi connectivity index (χ1v) is 12.0. The van der Waals surface area contributed by atoms with Crippen LogP contribution in [0.1, 0.15) is 63.4 Å². The van der Waals surface area contributed by atoms with Gasteiger partial charge in [-0.3, -0.25) is 9.59 Å². The van der Waals surface area contributed by atoms with Gasteiger partial charge in [0.25, 0.3) is 5.91 Å². The Morgan fingerprint density at radius 3 is 2.83 bits per heavy atom. The number of amides is 2. The first kappa shape index (κ1) is 20.5. The van der Waals surface area contributed by atoms with Crippen LogP contribution in [0.2, 0.25) is 0 Å². The highest BCUT2D eigenvalue weighted by atomic mass is 32.1. The molecule has 1 saturated heterocycles. The number of fused-ring (bicyclic) bond motifs is 1. The number of nitrogens with one attached hydrogen (secondary N) is 1. The number of hydrogen-bond acceptors (Lipinski definition) is 3. The standard InChI is InChI=1S/C23H33N3O2S/c1-4-26-19-10-12-29-21(19)13-20(26)23(28)25-11-6-8-17(14-25)22(27)24-18-9-5-7-15(2)16(18)3/h10,12-13,15-18H,4-9,11,14H2,1-3H3,(H,24,27). The molecule has 2 amide bonds. The second-order valence-corrected chi connectivity index (χ2v) is 9.86. The van der Waals surface area contributed by atoms with Crippen molar-refractivity contribution in [3.05, 3.63) is 23.2 Å². The fourth-order valence-corrected chi connectivity index (χ4v) is 5.94. The van der Waals surface area contributed by atoms with E-state index < -0.39 is 0 Å². The Balaban J connectivity index is 1.44. The van der Waals surface area contributed by atoms with Crippen LogP contribution in [0, 0.1) is 17.8 Å². The number of likely N-dealkylation sites (tertiary alicyclic amines) is 1. The SMILES string of the molecule is CCn1c(C(=O)N2CCCC(C(=O)NC3CCCC(C)C3C)C2)cc2sccc21. The Morgan fingerprint density at radius 2 is 2.03 bits per heavy atom. The summed E-state index contributed by atoms with van der Waals surface area (Å²) in [6.07, 6.45) is 5.29. The molecule has 1 aliphatic carbocycles.